The summed E-state index contributed by atoms with van der Waals surface area (Å²) in [5, 5.41) is 3.04. The summed E-state index contributed by atoms with van der Waals surface area (Å²) < 4.78 is 18.7. The van der Waals surface area contributed by atoms with Crippen molar-refractivity contribution in [3.05, 3.63) is 94.8 Å². The quantitative estimate of drug-likeness (QED) is 0.523. The van der Waals surface area contributed by atoms with Crippen molar-refractivity contribution < 1.29 is 18.7 Å². The molecule has 1 N–H and O–H groups in total. The van der Waals surface area contributed by atoms with Gasteiger partial charge in [-0.1, -0.05) is 35.9 Å². The van der Waals surface area contributed by atoms with E-state index in [9.17, 15) is 14.0 Å². The second-order valence-electron chi connectivity index (χ2n) is 5.33. The Morgan fingerprint density at radius 1 is 0.846 bits per heavy atom. The van der Waals surface area contributed by atoms with Gasteiger partial charge in [0.15, 0.2) is 0 Å². The molecule has 0 aromatic heterocycles. The van der Waals surface area contributed by atoms with Crippen LogP contribution in [0.1, 0.15) is 20.7 Å². The van der Waals surface area contributed by atoms with Crippen molar-refractivity contribution in [2.24, 2.45) is 0 Å². The standard InChI is InChI=1S/C20H13ClFNO3/c21-17-7-3-1-5-15(17)19(24)23-13-9-11-14(12-10-13)26-20(25)16-6-2-4-8-18(16)22/h1-12H,(H,23,24). The van der Waals surface area contributed by atoms with Gasteiger partial charge in [-0.05, 0) is 48.5 Å². The Hall–Kier alpha value is -3.18. The normalized spacial score (nSPS) is 10.2. The zero-order valence-electron chi connectivity index (χ0n) is 13.4. The summed E-state index contributed by atoms with van der Waals surface area (Å²) in [5.41, 5.74) is 0.702. The maximum Gasteiger partial charge on any atom is 0.346 e. The second-order valence-corrected chi connectivity index (χ2v) is 5.73. The molecule has 1 amide bonds. The second kappa shape index (κ2) is 7.80. The van der Waals surface area contributed by atoms with Gasteiger partial charge in [0.1, 0.15) is 11.6 Å². The molecule has 4 nitrogen and oxygen atoms in total. The van der Waals surface area contributed by atoms with Crippen LogP contribution in [0.25, 0.3) is 0 Å². The third-order valence-electron chi connectivity index (χ3n) is 3.53. The molecule has 0 radical (unpaired) electrons. The first-order chi connectivity index (χ1) is 12.5. The van der Waals surface area contributed by atoms with Gasteiger partial charge in [0.25, 0.3) is 5.91 Å². The number of rotatable bonds is 4. The molecule has 3 aromatic rings. The van der Waals surface area contributed by atoms with Crippen LogP contribution < -0.4 is 10.1 Å². The highest BCUT2D eigenvalue weighted by Crippen LogP contribution is 2.20. The third kappa shape index (κ3) is 4.07. The molecule has 3 rings (SSSR count). The van der Waals surface area contributed by atoms with Crippen LogP contribution in [0.4, 0.5) is 10.1 Å². The fraction of sp³-hybridized carbons (Fsp3) is 0. The molecular formula is C20H13ClFNO3. The Kier molecular flexibility index (Phi) is 5.29. The molecule has 3 aromatic carbocycles. The first kappa shape index (κ1) is 17.6. The van der Waals surface area contributed by atoms with E-state index < -0.39 is 11.8 Å². The van der Waals surface area contributed by atoms with Crippen molar-refractivity contribution in [2.45, 2.75) is 0 Å². The molecule has 0 atom stereocenters. The number of carbonyl (C=O) groups is 2. The Bertz CT molecular complexity index is 879. The van der Waals surface area contributed by atoms with Crippen LogP contribution in [-0.4, -0.2) is 11.9 Å². The van der Waals surface area contributed by atoms with E-state index in [-0.39, 0.29) is 17.2 Å². The van der Waals surface area contributed by atoms with E-state index >= 15 is 0 Å². The molecule has 0 spiro atoms. The van der Waals surface area contributed by atoms with Gasteiger partial charge in [-0.25, -0.2) is 9.18 Å². The molecular weight excluding hydrogens is 357 g/mol. The van der Waals surface area contributed by atoms with Crippen LogP contribution >= 0.6 is 11.6 Å². The highest BCUT2D eigenvalue weighted by atomic mass is 35.5. The molecule has 0 aliphatic rings. The van der Waals surface area contributed by atoms with Crippen molar-refractivity contribution in [3.63, 3.8) is 0 Å². The van der Waals surface area contributed by atoms with Gasteiger partial charge >= 0.3 is 5.97 Å². The number of amides is 1. The Morgan fingerprint density at radius 2 is 1.46 bits per heavy atom. The lowest BCUT2D eigenvalue weighted by Gasteiger charge is -2.08. The number of esters is 1. The number of halogens is 2. The van der Waals surface area contributed by atoms with E-state index in [1.807, 2.05) is 0 Å². The number of carbonyl (C=O) groups excluding carboxylic acids is 2. The molecule has 0 saturated heterocycles. The van der Waals surface area contributed by atoms with E-state index in [2.05, 4.69) is 5.32 Å². The van der Waals surface area contributed by atoms with Crippen LogP contribution in [-0.2, 0) is 0 Å². The van der Waals surface area contributed by atoms with Crippen LogP contribution in [0, 0.1) is 5.82 Å². The maximum atomic E-state index is 13.6. The average Bonchev–Trinajstić information content (AvgIpc) is 2.64. The smallest absolute Gasteiger partial charge is 0.346 e. The summed E-state index contributed by atoms with van der Waals surface area (Å²) in [7, 11) is 0. The molecule has 0 aliphatic carbocycles. The summed E-state index contributed by atoms with van der Waals surface area (Å²) in [6.45, 7) is 0. The lowest BCUT2D eigenvalue weighted by molar-refractivity contribution is 0.0729. The molecule has 0 unspecified atom stereocenters. The van der Waals surface area contributed by atoms with E-state index in [1.54, 1.807) is 42.5 Å². The summed E-state index contributed by atoms with van der Waals surface area (Å²) >= 11 is 5.99. The number of anilines is 1. The lowest BCUT2D eigenvalue weighted by atomic mass is 10.2. The Morgan fingerprint density at radius 3 is 2.12 bits per heavy atom. The van der Waals surface area contributed by atoms with Gasteiger partial charge < -0.3 is 10.1 Å². The van der Waals surface area contributed by atoms with Crippen molar-refractivity contribution in [2.75, 3.05) is 5.32 Å². The zero-order valence-corrected chi connectivity index (χ0v) is 14.2. The molecule has 6 heteroatoms. The summed E-state index contributed by atoms with van der Waals surface area (Å²) in [6.07, 6.45) is 0. The van der Waals surface area contributed by atoms with Crippen LogP contribution in [0.5, 0.6) is 5.75 Å². The number of hydrogen-bond donors (Lipinski definition) is 1. The minimum absolute atomic E-state index is 0.149. The van der Waals surface area contributed by atoms with Crippen molar-refractivity contribution >= 4 is 29.2 Å². The fourth-order valence-corrected chi connectivity index (χ4v) is 2.46. The van der Waals surface area contributed by atoms with Crippen molar-refractivity contribution in [1.82, 2.24) is 0 Å². The van der Waals surface area contributed by atoms with Gasteiger partial charge in [-0.2, -0.15) is 0 Å². The van der Waals surface area contributed by atoms with Gasteiger partial charge in [0.2, 0.25) is 0 Å². The molecule has 0 fully saturated rings. The largest absolute Gasteiger partial charge is 0.423 e. The van der Waals surface area contributed by atoms with Crippen LogP contribution in [0.2, 0.25) is 5.02 Å². The van der Waals surface area contributed by atoms with Crippen LogP contribution in [0.3, 0.4) is 0 Å². The molecule has 0 saturated carbocycles. The summed E-state index contributed by atoms with van der Waals surface area (Å²) in [5.74, 6) is -1.57. The summed E-state index contributed by atoms with van der Waals surface area (Å²) in [6, 6.07) is 18.4. The highest BCUT2D eigenvalue weighted by molar-refractivity contribution is 6.34. The number of hydrogen-bond acceptors (Lipinski definition) is 3. The van der Waals surface area contributed by atoms with E-state index in [1.165, 1.54) is 30.3 Å². The first-order valence-electron chi connectivity index (χ1n) is 7.67. The topological polar surface area (TPSA) is 55.4 Å². The third-order valence-corrected chi connectivity index (χ3v) is 3.86. The zero-order chi connectivity index (χ0) is 18.5. The number of ether oxygens (including phenoxy) is 1. The molecule has 0 aliphatic heterocycles. The summed E-state index contributed by atoms with van der Waals surface area (Å²) in [4.78, 5) is 24.2. The predicted molar refractivity (Wildman–Crippen MR) is 97.2 cm³/mol. The number of nitrogens with one attached hydrogen (secondary N) is 1. The van der Waals surface area contributed by atoms with E-state index in [0.717, 1.165) is 0 Å². The SMILES string of the molecule is O=C(Oc1ccc(NC(=O)c2ccccc2Cl)cc1)c1ccccc1F. The molecule has 130 valence electrons. The molecule has 0 bridgehead atoms. The average molecular weight is 370 g/mol. The van der Waals surface area contributed by atoms with Gasteiger partial charge in [0, 0.05) is 5.69 Å². The maximum absolute atomic E-state index is 13.6. The Balaban J connectivity index is 1.67. The fourth-order valence-electron chi connectivity index (χ4n) is 2.24. The Labute approximate surface area is 154 Å². The first-order valence-corrected chi connectivity index (χ1v) is 8.05. The van der Waals surface area contributed by atoms with E-state index in [4.69, 9.17) is 16.3 Å². The van der Waals surface area contributed by atoms with E-state index in [0.29, 0.717) is 16.3 Å². The monoisotopic (exact) mass is 369 g/mol. The van der Waals surface area contributed by atoms with Crippen molar-refractivity contribution in [3.8, 4) is 5.75 Å². The molecule has 0 heterocycles. The van der Waals surface area contributed by atoms with Crippen LogP contribution in [0.15, 0.2) is 72.8 Å². The number of benzene rings is 3. The van der Waals surface area contributed by atoms with Crippen molar-refractivity contribution in [1.29, 1.82) is 0 Å². The lowest BCUT2D eigenvalue weighted by Crippen LogP contribution is -2.13. The van der Waals surface area contributed by atoms with Gasteiger partial charge in [-0.3, -0.25) is 4.79 Å². The minimum atomic E-state index is -0.795. The predicted octanol–water partition coefficient (Wildman–Crippen LogP) is 4.95. The van der Waals surface area contributed by atoms with Gasteiger partial charge in [-0.15, -0.1) is 0 Å². The highest BCUT2D eigenvalue weighted by Gasteiger charge is 2.14. The molecule has 26 heavy (non-hydrogen) atoms. The minimum Gasteiger partial charge on any atom is -0.423 e. The van der Waals surface area contributed by atoms with Gasteiger partial charge in [0.05, 0.1) is 16.1 Å².